The standard InChI is InChI=1S/C20H24ClN3O3S/c1-23-11-13-24(14-12-23)20(25)19(15-16-5-3-2-4-6-16)22-28(26,27)18-9-7-17(21)8-10-18/h2-10,19,22H,11-15H2,1H3/t19-/m0/s1. The molecule has 0 radical (unpaired) electrons. The number of nitrogens with one attached hydrogen (secondary N) is 1. The number of piperazine rings is 1. The van der Waals surface area contributed by atoms with Crippen molar-refractivity contribution in [3.05, 3.63) is 65.2 Å². The third-order valence-corrected chi connectivity index (χ3v) is 6.56. The predicted molar refractivity (Wildman–Crippen MR) is 110 cm³/mol. The summed E-state index contributed by atoms with van der Waals surface area (Å²) >= 11 is 5.86. The Kier molecular flexibility index (Phi) is 6.72. The van der Waals surface area contributed by atoms with Gasteiger partial charge in [-0.3, -0.25) is 4.79 Å². The summed E-state index contributed by atoms with van der Waals surface area (Å²) in [6, 6.07) is 14.5. The number of likely N-dealkylation sites (N-methyl/N-ethyl adjacent to an activating group) is 1. The minimum Gasteiger partial charge on any atom is -0.339 e. The van der Waals surface area contributed by atoms with Crippen LogP contribution in [0.2, 0.25) is 5.02 Å². The van der Waals surface area contributed by atoms with Crippen molar-refractivity contribution in [1.29, 1.82) is 0 Å². The summed E-state index contributed by atoms with van der Waals surface area (Å²) in [6.07, 6.45) is 0.291. The van der Waals surface area contributed by atoms with Gasteiger partial charge in [0.15, 0.2) is 0 Å². The van der Waals surface area contributed by atoms with E-state index >= 15 is 0 Å². The molecule has 0 spiro atoms. The Morgan fingerprint density at radius 3 is 2.25 bits per heavy atom. The lowest BCUT2D eigenvalue weighted by Gasteiger charge is -2.34. The zero-order valence-corrected chi connectivity index (χ0v) is 17.3. The number of nitrogens with zero attached hydrogens (tertiary/aromatic N) is 2. The first-order valence-electron chi connectivity index (χ1n) is 9.14. The van der Waals surface area contributed by atoms with Gasteiger partial charge in [-0.1, -0.05) is 41.9 Å². The zero-order chi connectivity index (χ0) is 20.1. The van der Waals surface area contributed by atoms with Crippen LogP contribution in [-0.4, -0.2) is 63.4 Å². The maximum Gasteiger partial charge on any atom is 0.241 e. The number of carbonyl (C=O) groups excluding carboxylic acids is 1. The molecule has 0 aromatic heterocycles. The molecule has 2 aromatic carbocycles. The number of benzene rings is 2. The first-order valence-corrected chi connectivity index (χ1v) is 11.0. The summed E-state index contributed by atoms with van der Waals surface area (Å²) in [5.41, 5.74) is 0.897. The van der Waals surface area contributed by atoms with E-state index in [2.05, 4.69) is 9.62 Å². The molecule has 150 valence electrons. The minimum absolute atomic E-state index is 0.0844. The van der Waals surface area contributed by atoms with Gasteiger partial charge in [-0.15, -0.1) is 0 Å². The van der Waals surface area contributed by atoms with Gasteiger partial charge >= 0.3 is 0 Å². The first-order chi connectivity index (χ1) is 13.3. The highest BCUT2D eigenvalue weighted by Gasteiger charge is 2.30. The molecule has 1 heterocycles. The highest BCUT2D eigenvalue weighted by Crippen LogP contribution is 2.16. The Morgan fingerprint density at radius 1 is 1.04 bits per heavy atom. The number of amides is 1. The van der Waals surface area contributed by atoms with Gasteiger partial charge in [-0.05, 0) is 43.3 Å². The van der Waals surface area contributed by atoms with Crippen LogP contribution in [0.5, 0.6) is 0 Å². The number of halogens is 1. The molecule has 1 fully saturated rings. The van der Waals surface area contributed by atoms with E-state index in [1.54, 1.807) is 4.90 Å². The second-order valence-electron chi connectivity index (χ2n) is 6.95. The van der Waals surface area contributed by atoms with Gasteiger partial charge in [0.1, 0.15) is 6.04 Å². The van der Waals surface area contributed by atoms with Crippen LogP contribution < -0.4 is 4.72 Å². The summed E-state index contributed by atoms with van der Waals surface area (Å²) in [5.74, 6) is -0.200. The fourth-order valence-corrected chi connectivity index (χ4v) is 4.46. The first kappa shape index (κ1) is 20.8. The smallest absolute Gasteiger partial charge is 0.241 e. The third-order valence-electron chi connectivity index (χ3n) is 4.82. The van der Waals surface area contributed by atoms with Gasteiger partial charge in [-0.25, -0.2) is 8.42 Å². The SMILES string of the molecule is CN1CCN(C(=O)[C@H](Cc2ccccc2)NS(=O)(=O)c2ccc(Cl)cc2)CC1. The fourth-order valence-electron chi connectivity index (χ4n) is 3.15. The zero-order valence-electron chi connectivity index (χ0n) is 15.7. The molecule has 28 heavy (non-hydrogen) atoms. The molecule has 1 atom stereocenters. The number of hydrogen-bond donors (Lipinski definition) is 1. The molecular formula is C20H24ClN3O3S. The topological polar surface area (TPSA) is 69.7 Å². The van der Waals surface area contributed by atoms with Gasteiger partial charge in [0, 0.05) is 31.2 Å². The Balaban J connectivity index is 1.83. The second-order valence-corrected chi connectivity index (χ2v) is 9.10. The summed E-state index contributed by atoms with van der Waals surface area (Å²) in [4.78, 5) is 17.1. The molecule has 1 amide bonds. The molecule has 0 unspecified atom stereocenters. The highest BCUT2D eigenvalue weighted by molar-refractivity contribution is 7.89. The van der Waals surface area contributed by atoms with Gasteiger partial charge in [0.05, 0.1) is 4.90 Å². The summed E-state index contributed by atoms with van der Waals surface area (Å²) in [7, 11) is -1.85. The monoisotopic (exact) mass is 421 g/mol. The van der Waals surface area contributed by atoms with Crippen molar-refractivity contribution in [2.75, 3.05) is 33.2 Å². The average molecular weight is 422 g/mol. The lowest BCUT2D eigenvalue weighted by Crippen LogP contribution is -2.54. The van der Waals surface area contributed by atoms with E-state index in [4.69, 9.17) is 11.6 Å². The quantitative estimate of drug-likeness (QED) is 0.774. The van der Waals surface area contributed by atoms with Crippen LogP contribution in [0.15, 0.2) is 59.5 Å². The molecule has 8 heteroatoms. The molecule has 1 aliphatic heterocycles. The average Bonchev–Trinajstić information content (AvgIpc) is 2.68. The third kappa shape index (κ3) is 5.32. The van der Waals surface area contributed by atoms with Crippen molar-refractivity contribution >= 4 is 27.5 Å². The van der Waals surface area contributed by atoms with E-state index in [1.807, 2.05) is 37.4 Å². The predicted octanol–water partition coefficient (Wildman–Crippen LogP) is 2.00. The minimum atomic E-state index is -3.86. The Morgan fingerprint density at radius 2 is 1.64 bits per heavy atom. The van der Waals surface area contributed by atoms with Crippen LogP contribution in [0.1, 0.15) is 5.56 Å². The lowest BCUT2D eigenvalue weighted by atomic mass is 10.1. The molecule has 3 rings (SSSR count). The Bertz CT molecular complexity index is 896. The van der Waals surface area contributed by atoms with Gasteiger partial charge in [-0.2, -0.15) is 4.72 Å². The van der Waals surface area contributed by atoms with Crippen LogP contribution >= 0.6 is 11.6 Å². The van der Waals surface area contributed by atoms with E-state index in [0.717, 1.165) is 18.7 Å². The summed E-state index contributed by atoms with van der Waals surface area (Å²) in [6.45, 7) is 2.72. The summed E-state index contributed by atoms with van der Waals surface area (Å²) in [5, 5.41) is 0.452. The van der Waals surface area contributed by atoms with E-state index in [1.165, 1.54) is 24.3 Å². The van der Waals surface area contributed by atoms with Crippen LogP contribution in [0.3, 0.4) is 0 Å². The maximum absolute atomic E-state index is 13.1. The lowest BCUT2D eigenvalue weighted by molar-refractivity contribution is -0.134. The van der Waals surface area contributed by atoms with Gasteiger partial charge in [0.25, 0.3) is 0 Å². The second kappa shape index (κ2) is 9.05. The van der Waals surface area contributed by atoms with Crippen LogP contribution in [0.25, 0.3) is 0 Å². The van der Waals surface area contributed by atoms with Crippen LogP contribution in [0, 0.1) is 0 Å². The van der Waals surface area contributed by atoms with Crippen LogP contribution in [0.4, 0.5) is 0 Å². The number of carbonyl (C=O) groups is 1. The highest BCUT2D eigenvalue weighted by atomic mass is 35.5. The number of hydrogen-bond acceptors (Lipinski definition) is 4. The normalized spacial score (nSPS) is 16.7. The molecular weight excluding hydrogens is 398 g/mol. The van der Waals surface area contributed by atoms with E-state index in [-0.39, 0.29) is 10.8 Å². The Labute approximate surface area is 171 Å². The van der Waals surface area contributed by atoms with Crippen LogP contribution in [-0.2, 0) is 21.2 Å². The largest absolute Gasteiger partial charge is 0.339 e. The van der Waals surface area contributed by atoms with Gasteiger partial charge in [0.2, 0.25) is 15.9 Å². The van der Waals surface area contributed by atoms with E-state index in [9.17, 15) is 13.2 Å². The number of rotatable bonds is 6. The summed E-state index contributed by atoms with van der Waals surface area (Å²) < 4.78 is 28.3. The van der Waals surface area contributed by atoms with Crippen molar-refractivity contribution in [3.8, 4) is 0 Å². The maximum atomic E-state index is 13.1. The van der Waals surface area contributed by atoms with Crippen molar-refractivity contribution in [1.82, 2.24) is 14.5 Å². The molecule has 1 N–H and O–H groups in total. The van der Waals surface area contributed by atoms with Crippen molar-refractivity contribution < 1.29 is 13.2 Å². The molecule has 2 aromatic rings. The molecule has 0 aliphatic carbocycles. The molecule has 1 aliphatic rings. The molecule has 0 saturated carbocycles. The van der Waals surface area contributed by atoms with E-state index < -0.39 is 16.1 Å². The fraction of sp³-hybridized carbons (Fsp3) is 0.350. The molecule has 1 saturated heterocycles. The van der Waals surface area contributed by atoms with E-state index in [0.29, 0.717) is 24.5 Å². The van der Waals surface area contributed by atoms with Gasteiger partial charge < -0.3 is 9.80 Å². The van der Waals surface area contributed by atoms with Crippen molar-refractivity contribution in [2.45, 2.75) is 17.4 Å². The van der Waals surface area contributed by atoms with Crippen molar-refractivity contribution in [2.24, 2.45) is 0 Å². The Hall–Kier alpha value is -1.93. The molecule has 6 nitrogen and oxygen atoms in total. The molecule has 0 bridgehead atoms. The van der Waals surface area contributed by atoms with Crippen molar-refractivity contribution in [3.63, 3.8) is 0 Å². The number of sulfonamides is 1.